The maximum absolute atomic E-state index is 11.2. The molecule has 3 nitrogen and oxygen atoms in total. The zero-order chi connectivity index (χ0) is 12.7. The highest BCUT2D eigenvalue weighted by Crippen LogP contribution is 2.27. The van der Waals surface area contributed by atoms with E-state index in [1.54, 1.807) is 0 Å². The summed E-state index contributed by atoms with van der Waals surface area (Å²) in [6, 6.07) is 0.368. The number of sulfone groups is 1. The van der Waals surface area contributed by atoms with Crippen molar-refractivity contribution in [3.05, 3.63) is 0 Å². The molecule has 1 fully saturated rings. The maximum atomic E-state index is 11.2. The summed E-state index contributed by atoms with van der Waals surface area (Å²) in [5, 5.41) is 3.28. The van der Waals surface area contributed by atoms with E-state index in [2.05, 4.69) is 5.32 Å². The van der Waals surface area contributed by atoms with Crippen LogP contribution in [0.5, 0.6) is 0 Å². The van der Waals surface area contributed by atoms with E-state index in [4.69, 9.17) is 0 Å². The van der Waals surface area contributed by atoms with Crippen LogP contribution in [-0.2, 0) is 9.84 Å². The summed E-state index contributed by atoms with van der Waals surface area (Å²) >= 11 is 0. The molecule has 102 valence electrons. The fourth-order valence-electron chi connectivity index (χ4n) is 2.74. The molecule has 1 unspecified atom stereocenters. The Morgan fingerprint density at radius 2 is 1.76 bits per heavy atom. The first-order valence-corrected chi connectivity index (χ1v) is 8.92. The van der Waals surface area contributed by atoms with Gasteiger partial charge in [-0.05, 0) is 25.8 Å². The van der Waals surface area contributed by atoms with Crippen LogP contribution in [0.25, 0.3) is 0 Å². The van der Waals surface area contributed by atoms with E-state index in [1.807, 2.05) is 7.05 Å². The molecular weight excluding hydrogens is 234 g/mol. The Kier molecular flexibility index (Phi) is 6.49. The lowest BCUT2D eigenvalue weighted by molar-refractivity contribution is 0.357. The average Bonchev–Trinajstić information content (AvgIpc) is 2.51. The zero-order valence-electron chi connectivity index (χ0n) is 11.2. The van der Waals surface area contributed by atoms with Gasteiger partial charge in [-0.3, -0.25) is 0 Å². The first-order chi connectivity index (χ1) is 8.01. The Morgan fingerprint density at radius 1 is 1.18 bits per heavy atom. The number of nitrogens with one attached hydrogen (secondary N) is 1. The molecule has 1 aliphatic carbocycles. The Labute approximate surface area is 106 Å². The van der Waals surface area contributed by atoms with Crippen LogP contribution < -0.4 is 5.32 Å². The van der Waals surface area contributed by atoms with Crippen LogP contribution in [0.2, 0.25) is 0 Å². The smallest absolute Gasteiger partial charge is 0.147 e. The Balaban J connectivity index is 2.34. The summed E-state index contributed by atoms with van der Waals surface area (Å²) in [5.74, 6) is 1.11. The minimum absolute atomic E-state index is 0.311. The third-order valence-corrected chi connectivity index (χ3v) is 4.82. The lowest BCUT2D eigenvalue weighted by Crippen LogP contribution is -2.30. The van der Waals surface area contributed by atoms with Gasteiger partial charge in [-0.2, -0.15) is 0 Å². The monoisotopic (exact) mass is 261 g/mol. The first-order valence-electron chi connectivity index (χ1n) is 6.86. The van der Waals surface area contributed by atoms with Crippen molar-refractivity contribution >= 4 is 9.84 Å². The molecular formula is C13H27NO2S. The van der Waals surface area contributed by atoms with Gasteiger partial charge < -0.3 is 5.32 Å². The molecule has 0 radical (unpaired) electrons. The van der Waals surface area contributed by atoms with Crippen LogP contribution in [0.1, 0.15) is 51.4 Å². The molecule has 0 spiro atoms. The van der Waals surface area contributed by atoms with Crippen molar-refractivity contribution in [2.24, 2.45) is 5.92 Å². The lowest BCUT2D eigenvalue weighted by Gasteiger charge is -2.22. The third kappa shape index (κ3) is 7.04. The van der Waals surface area contributed by atoms with Gasteiger partial charge in [0.15, 0.2) is 0 Å². The average molecular weight is 261 g/mol. The highest BCUT2D eigenvalue weighted by Gasteiger charge is 2.18. The standard InChI is InChI=1S/C13H27NO2S/c1-14-13(9-10-17(2,15)16)11-12-7-5-3-4-6-8-12/h12-14H,3-11H2,1-2H3. The summed E-state index contributed by atoms with van der Waals surface area (Å²) < 4.78 is 22.3. The van der Waals surface area contributed by atoms with E-state index < -0.39 is 9.84 Å². The van der Waals surface area contributed by atoms with E-state index in [0.717, 1.165) is 18.8 Å². The predicted molar refractivity (Wildman–Crippen MR) is 73.0 cm³/mol. The summed E-state index contributed by atoms with van der Waals surface area (Å²) in [6.07, 6.45) is 11.4. The van der Waals surface area contributed by atoms with E-state index in [1.165, 1.54) is 44.8 Å². The molecule has 0 aliphatic heterocycles. The van der Waals surface area contributed by atoms with Crippen LogP contribution >= 0.6 is 0 Å². The van der Waals surface area contributed by atoms with Crippen molar-refractivity contribution in [2.45, 2.75) is 57.4 Å². The first kappa shape index (κ1) is 15.0. The highest BCUT2D eigenvalue weighted by atomic mass is 32.2. The van der Waals surface area contributed by atoms with Gasteiger partial charge in [-0.1, -0.05) is 38.5 Å². The van der Waals surface area contributed by atoms with Gasteiger partial charge in [0, 0.05) is 12.3 Å². The highest BCUT2D eigenvalue weighted by molar-refractivity contribution is 7.90. The van der Waals surface area contributed by atoms with E-state index in [9.17, 15) is 8.42 Å². The van der Waals surface area contributed by atoms with Crippen LogP contribution in [0.4, 0.5) is 0 Å². The quantitative estimate of drug-likeness (QED) is 0.747. The predicted octanol–water partition coefficient (Wildman–Crippen LogP) is 2.37. The van der Waals surface area contributed by atoms with E-state index >= 15 is 0 Å². The molecule has 1 atom stereocenters. The van der Waals surface area contributed by atoms with Gasteiger partial charge in [0.2, 0.25) is 0 Å². The number of hydrogen-bond donors (Lipinski definition) is 1. The van der Waals surface area contributed by atoms with Crippen molar-refractivity contribution in [3.8, 4) is 0 Å². The van der Waals surface area contributed by atoms with Crippen LogP contribution in [0, 0.1) is 5.92 Å². The zero-order valence-corrected chi connectivity index (χ0v) is 12.1. The summed E-state index contributed by atoms with van der Waals surface area (Å²) in [7, 11) is -0.869. The molecule has 4 heteroatoms. The normalized spacial score (nSPS) is 21.1. The molecule has 0 heterocycles. The van der Waals surface area contributed by atoms with Gasteiger partial charge >= 0.3 is 0 Å². The van der Waals surface area contributed by atoms with Crippen LogP contribution in [-0.4, -0.2) is 33.5 Å². The van der Waals surface area contributed by atoms with Crippen LogP contribution in [0.15, 0.2) is 0 Å². The Morgan fingerprint density at radius 3 is 2.24 bits per heavy atom. The number of hydrogen-bond acceptors (Lipinski definition) is 3. The minimum atomic E-state index is -2.82. The van der Waals surface area contributed by atoms with Crippen molar-refractivity contribution in [2.75, 3.05) is 19.1 Å². The molecule has 1 aliphatic rings. The summed E-state index contributed by atoms with van der Waals surface area (Å²) in [6.45, 7) is 0. The molecule has 0 saturated heterocycles. The fraction of sp³-hybridized carbons (Fsp3) is 1.00. The van der Waals surface area contributed by atoms with Gasteiger partial charge in [0.1, 0.15) is 9.84 Å². The van der Waals surface area contributed by atoms with Crippen molar-refractivity contribution in [3.63, 3.8) is 0 Å². The topological polar surface area (TPSA) is 46.2 Å². The van der Waals surface area contributed by atoms with Gasteiger partial charge in [0.25, 0.3) is 0 Å². The second-order valence-corrected chi connectivity index (χ2v) is 7.76. The van der Waals surface area contributed by atoms with Gasteiger partial charge in [-0.15, -0.1) is 0 Å². The molecule has 0 aromatic heterocycles. The van der Waals surface area contributed by atoms with Crippen molar-refractivity contribution in [1.82, 2.24) is 5.32 Å². The third-order valence-electron chi connectivity index (χ3n) is 3.84. The Bertz CT molecular complexity index is 293. The second-order valence-electron chi connectivity index (χ2n) is 5.50. The summed E-state index contributed by atoms with van der Waals surface area (Å²) in [4.78, 5) is 0. The van der Waals surface area contributed by atoms with Gasteiger partial charge in [-0.25, -0.2) is 8.42 Å². The van der Waals surface area contributed by atoms with Crippen molar-refractivity contribution < 1.29 is 8.42 Å². The number of rotatable bonds is 6. The lowest BCUT2D eigenvalue weighted by atomic mass is 9.92. The molecule has 1 N–H and O–H groups in total. The molecule has 1 rings (SSSR count). The molecule has 0 aromatic carbocycles. The molecule has 0 bridgehead atoms. The molecule has 0 aromatic rings. The van der Waals surface area contributed by atoms with E-state index in [0.29, 0.717) is 11.8 Å². The van der Waals surface area contributed by atoms with Crippen LogP contribution in [0.3, 0.4) is 0 Å². The minimum Gasteiger partial charge on any atom is -0.317 e. The van der Waals surface area contributed by atoms with E-state index in [-0.39, 0.29) is 0 Å². The largest absolute Gasteiger partial charge is 0.317 e. The summed E-state index contributed by atoms with van der Waals surface area (Å²) in [5.41, 5.74) is 0. The second kappa shape index (κ2) is 7.37. The SMILES string of the molecule is CNC(CCS(C)(=O)=O)CC1CCCCCC1. The van der Waals surface area contributed by atoms with Gasteiger partial charge in [0.05, 0.1) is 5.75 Å². The molecule has 0 amide bonds. The Hall–Kier alpha value is -0.0900. The molecule has 17 heavy (non-hydrogen) atoms. The molecule has 1 saturated carbocycles. The van der Waals surface area contributed by atoms with Crippen molar-refractivity contribution in [1.29, 1.82) is 0 Å². The maximum Gasteiger partial charge on any atom is 0.147 e. The fourth-order valence-corrected chi connectivity index (χ4v) is 3.45.